The van der Waals surface area contributed by atoms with Crippen LogP contribution in [0, 0.1) is 0 Å². The molecule has 0 saturated carbocycles. The molecule has 1 heterocycles. The smallest absolute Gasteiger partial charge is 0.153 e. The first-order valence-electron chi connectivity index (χ1n) is 7.95. The van der Waals surface area contributed by atoms with Crippen molar-refractivity contribution in [2.75, 3.05) is 45.9 Å². The third kappa shape index (κ3) is 5.14. The van der Waals surface area contributed by atoms with E-state index in [1.54, 1.807) is 6.07 Å². The molecule has 1 saturated heterocycles. The molecule has 1 aliphatic rings. The summed E-state index contributed by atoms with van der Waals surface area (Å²) < 4.78 is 5.69. The molecule has 0 atom stereocenters. The highest BCUT2D eigenvalue weighted by molar-refractivity contribution is 5.79. The lowest BCUT2D eigenvalue weighted by atomic mass is 10.2. The number of rotatable bonds is 8. The van der Waals surface area contributed by atoms with E-state index in [1.807, 2.05) is 18.2 Å². The maximum Gasteiger partial charge on any atom is 0.153 e. The fourth-order valence-electron chi connectivity index (χ4n) is 2.66. The van der Waals surface area contributed by atoms with Gasteiger partial charge in [-0.25, -0.2) is 0 Å². The Morgan fingerprint density at radius 1 is 1.10 bits per heavy atom. The van der Waals surface area contributed by atoms with E-state index in [4.69, 9.17) is 4.74 Å². The summed E-state index contributed by atoms with van der Waals surface area (Å²) in [5.74, 6) is 0.698. The molecule has 0 aromatic heterocycles. The van der Waals surface area contributed by atoms with Crippen molar-refractivity contribution >= 4 is 6.29 Å². The molecular weight excluding hydrogens is 264 g/mol. The largest absolute Gasteiger partial charge is 0.493 e. The highest BCUT2D eigenvalue weighted by Gasteiger charge is 2.14. The summed E-state index contributed by atoms with van der Waals surface area (Å²) in [6.07, 6.45) is 3.03. The quantitative estimate of drug-likeness (QED) is 0.543. The van der Waals surface area contributed by atoms with Gasteiger partial charge in [-0.2, -0.15) is 0 Å². The Labute approximate surface area is 127 Å². The number of hydrogen-bond acceptors (Lipinski definition) is 4. The van der Waals surface area contributed by atoms with Crippen LogP contribution in [0.4, 0.5) is 0 Å². The van der Waals surface area contributed by atoms with Crippen LogP contribution in [0.3, 0.4) is 0 Å². The van der Waals surface area contributed by atoms with E-state index < -0.39 is 0 Å². The number of carbonyl (C=O) groups is 1. The number of aldehydes is 1. The predicted octanol–water partition coefficient (Wildman–Crippen LogP) is 2.30. The van der Waals surface area contributed by atoms with Gasteiger partial charge in [0.25, 0.3) is 0 Å². The van der Waals surface area contributed by atoms with Crippen molar-refractivity contribution in [1.82, 2.24) is 9.80 Å². The van der Waals surface area contributed by atoms with Crippen molar-refractivity contribution in [3.05, 3.63) is 29.8 Å². The van der Waals surface area contributed by atoms with Crippen LogP contribution in [0.2, 0.25) is 0 Å². The molecule has 0 spiro atoms. The molecule has 116 valence electrons. The molecule has 2 rings (SSSR count). The van der Waals surface area contributed by atoms with E-state index in [1.165, 1.54) is 26.2 Å². The zero-order valence-corrected chi connectivity index (χ0v) is 13.0. The third-order valence-electron chi connectivity index (χ3n) is 4.08. The normalized spacial score (nSPS) is 16.8. The molecule has 0 aliphatic carbocycles. The highest BCUT2D eigenvalue weighted by Crippen LogP contribution is 2.16. The second-order valence-electron chi connectivity index (χ2n) is 5.49. The predicted molar refractivity (Wildman–Crippen MR) is 85.1 cm³/mol. The second-order valence-corrected chi connectivity index (χ2v) is 5.49. The zero-order valence-electron chi connectivity index (χ0n) is 13.0. The summed E-state index contributed by atoms with van der Waals surface area (Å²) in [4.78, 5) is 15.9. The Morgan fingerprint density at radius 3 is 2.52 bits per heavy atom. The standard InChI is InChI=1S/C17H26N2O2/c1-2-18-10-12-19(13-11-18)9-5-6-14-21-17-8-4-3-7-16(17)15-20/h3-4,7-8,15H,2,5-6,9-14H2,1H3. The molecule has 4 heteroatoms. The number of likely N-dealkylation sites (N-methyl/N-ethyl adjacent to an activating group) is 1. The lowest BCUT2D eigenvalue weighted by Crippen LogP contribution is -2.46. The average Bonchev–Trinajstić information content (AvgIpc) is 2.55. The van der Waals surface area contributed by atoms with Crippen LogP contribution in [-0.2, 0) is 0 Å². The number of carbonyl (C=O) groups excluding carboxylic acids is 1. The van der Waals surface area contributed by atoms with Crippen molar-refractivity contribution in [3.8, 4) is 5.75 Å². The topological polar surface area (TPSA) is 32.8 Å². The van der Waals surface area contributed by atoms with E-state index in [-0.39, 0.29) is 0 Å². The van der Waals surface area contributed by atoms with Gasteiger partial charge in [0.2, 0.25) is 0 Å². The molecule has 0 unspecified atom stereocenters. The number of piperazine rings is 1. The van der Waals surface area contributed by atoms with Crippen LogP contribution < -0.4 is 4.74 Å². The molecule has 21 heavy (non-hydrogen) atoms. The Hall–Kier alpha value is -1.39. The first kappa shape index (κ1) is 16.0. The van der Waals surface area contributed by atoms with E-state index >= 15 is 0 Å². The summed E-state index contributed by atoms with van der Waals surface area (Å²) in [5, 5.41) is 0. The van der Waals surface area contributed by atoms with Crippen LogP contribution in [0.1, 0.15) is 30.1 Å². The highest BCUT2D eigenvalue weighted by atomic mass is 16.5. The van der Waals surface area contributed by atoms with Gasteiger partial charge in [0.1, 0.15) is 5.75 Å². The van der Waals surface area contributed by atoms with Crippen molar-refractivity contribution in [1.29, 1.82) is 0 Å². The van der Waals surface area contributed by atoms with Gasteiger partial charge in [-0.3, -0.25) is 4.79 Å². The summed E-state index contributed by atoms with van der Waals surface area (Å²) in [5.41, 5.74) is 0.633. The SMILES string of the molecule is CCN1CCN(CCCCOc2ccccc2C=O)CC1. The monoisotopic (exact) mass is 290 g/mol. The minimum Gasteiger partial charge on any atom is -0.493 e. The van der Waals surface area contributed by atoms with Crippen molar-refractivity contribution in [3.63, 3.8) is 0 Å². The number of hydrogen-bond donors (Lipinski definition) is 0. The van der Waals surface area contributed by atoms with Gasteiger partial charge in [0, 0.05) is 26.2 Å². The number of benzene rings is 1. The van der Waals surface area contributed by atoms with Gasteiger partial charge >= 0.3 is 0 Å². The van der Waals surface area contributed by atoms with E-state index in [0.29, 0.717) is 17.9 Å². The minimum atomic E-state index is 0.633. The number of nitrogens with zero attached hydrogens (tertiary/aromatic N) is 2. The zero-order chi connectivity index (χ0) is 14.9. The lowest BCUT2D eigenvalue weighted by Gasteiger charge is -2.33. The Balaban J connectivity index is 1.59. The summed E-state index contributed by atoms with van der Waals surface area (Å²) in [6, 6.07) is 7.39. The Morgan fingerprint density at radius 2 is 1.81 bits per heavy atom. The fourth-order valence-corrected chi connectivity index (χ4v) is 2.66. The number of para-hydroxylation sites is 1. The van der Waals surface area contributed by atoms with E-state index in [2.05, 4.69) is 16.7 Å². The van der Waals surface area contributed by atoms with Crippen LogP contribution in [0.5, 0.6) is 5.75 Å². The first-order valence-corrected chi connectivity index (χ1v) is 7.95. The number of ether oxygens (including phenoxy) is 1. The average molecular weight is 290 g/mol. The third-order valence-corrected chi connectivity index (χ3v) is 4.08. The van der Waals surface area contributed by atoms with Crippen molar-refractivity contribution < 1.29 is 9.53 Å². The molecule has 1 fully saturated rings. The molecule has 1 aromatic rings. The molecule has 1 aliphatic heterocycles. The summed E-state index contributed by atoms with van der Waals surface area (Å²) in [6.45, 7) is 9.97. The maximum atomic E-state index is 10.9. The molecular formula is C17H26N2O2. The fraction of sp³-hybridized carbons (Fsp3) is 0.588. The Kier molecular flexibility index (Phi) is 6.70. The van der Waals surface area contributed by atoms with Crippen molar-refractivity contribution in [2.24, 2.45) is 0 Å². The van der Waals surface area contributed by atoms with Gasteiger partial charge in [0.05, 0.1) is 12.2 Å². The second kappa shape index (κ2) is 8.80. The van der Waals surface area contributed by atoms with Gasteiger partial charge in [0.15, 0.2) is 6.29 Å². The first-order chi connectivity index (χ1) is 10.3. The van der Waals surface area contributed by atoms with Crippen LogP contribution >= 0.6 is 0 Å². The summed E-state index contributed by atoms with van der Waals surface area (Å²) >= 11 is 0. The maximum absolute atomic E-state index is 10.9. The molecule has 0 radical (unpaired) electrons. The lowest BCUT2D eigenvalue weighted by molar-refractivity contribution is 0.111. The Bertz CT molecular complexity index is 429. The van der Waals surface area contributed by atoms with Crippen molar-refractivity contribution in [2.45, 2.75) is 19.8 Å². The van der Waals surface area contributed by atoms with Gasteiger partial charge < -0.3 is 14.5 Å². The van der Waals surface area contributed by atoms with Crippen LogP contribution in [0.25, 0.3) is 0 Å². The van der Waals surface area contributed by atoms with Crippen LogP contribution in [0.15, 0.2) is 24.3 Å². The minimum absolute atomic E-state index is 0.633. The van der Waals surface area contributed by atoms with Crippen LogP contribution in [-0.4, -0.2) is 62.0 Å². The summed E-state index contributed by atoms with van der Waals surface area (Å²) in [7, 11) is 0. The van der Waals surface area contributed by atoms with Gasteiger partial charge in [-0.15, -0.1) is 0 Å². The molecule has 0 amide bonds. The van der Waals surface area contributed by atoms with E-state index in [0.717, 1.165) is 32.2 Å². The number of unbranched alkanes of at least 4 members (excludes halogenated alkanes) is 1. The molecule has 0 bridgehead atoms. The van der Waals surface area contributed by atoms with Gasteiger partial charge in [-0.05, 0) is 38.1 Å². The molecule has 0 N–H and O–H groups in total. The van der Waals surface area contributed by atoms with Gasteiger partial charge in [-0.1, -0.05) is 19.1 Å². The molecule has 4 nitrogen and oxygen atoms in total. The molecule has 1 aromatic carbocycles. The van der Waals surface area contributed by atoms with E-state index in [9.17, 15) is 4.79 Å².